The van der Waals surface area contributed by atoms with Crippen LogP contribution in [0.25, 0.3) is 0 Å². The third-order valence-corrected chi connectivity index (χ3v) is 6.14. The minimum Gasteiger partial charge on any atom is -0.459 e. The molecule has 0 aromatic rings. The van der Waals surface area contributed by atoms with Gasteiger partial charge in [-0.15, -0.1) is 0 Å². The molecule has 0 saturated heterocycles. The van der Waals surface area contributed by atoms with E-state index in [0.29, 0.717) is 29.8 Å². The zero-order chi connectivity index (χ0) is 19.5. The molecule has 1 N–H and O–H groups in total. The number of halogens is 3. The highest BCUT2D eigenvalue weighted by molar-refractivity contribution is 8.03. The van der Waals surface area contributed by atoms with E-state index in [-0.39, 0.29) is 17.6 Å². The summed E-state index contributed by atoms with van der Waals surface area (Å²) in [5.74, 6) is -0.867. The van der Waals surface area contributed by atoms with Gasteiger partial charge in [0.05, 0.1) is 6.61 Å². The van der Waals surface area contributed by atoms with Gasteiger partial charge in [0.1, 0.15) is 6.10 Å². The summed E-state index contributed by atoms with van der Waals surface area (Å²) < 4.78 is 90.6. The quantitative estimate of drug-likeness (QED) is 0.499. The molecule has 0 bridgehead atoms. The number of sulfonamides is 1. The third kappa shape index (κ3) is 6.92. The summed E-state index contributed by atoms with van der Waals surface area (Å²) in [4.78, 5) is 11.4. The van der Waals surface area contributed by atoms with Gasteiger partial charge in [-0.2, -0.15) is 21.6 Å². The van der Waals surface area contributed by atoms with E-state index in [9.17, 15) is 34.8 Å². The largest absolute Gasteiger partial charge is 0.512 e. The van der Waals surface area contributed by atoms with Crippen LogP contribution in [0.3, 0.4) is 0 Å². The zero-order valence-corrected chi connectivity index (χ0v) is 14.8. The molecule has 1 saturated carbocycles. The highest BCUT2D eigenvalue weighted by Crippen LogP contribution is 2.27. The van der Waals surface area contributed by atoms with Crippen molar-refractivity contribution in [1.82, 2.24) is 4.13 Å². The molecular formula is C12H18F3NO7S2. The van der Waals surface area contributed by atoms with Gasteiger partial charge in [-0.05, 0) is 38.5 Å². The van der Waals surface area contributed by atoms with Crippen LogP contribution in [-0.2, 0) is 34.0 Å². The summed E-state index contributed by atoms with van der Waals surface area (Å²) in [5.41, 5.74) is -5.53. The van der Waals surface area contributed by atoms with Crippen LogP contribution in [0.4, 0.5) is 13.2 Å². The van der Waals surface area contributed by atoms with Crippen LogP contribution in [0, 0.1) is 5.92 Å². The molecular weight excluding hydrogens is 391 g/mol. The van der Waals surface area contributed by atoms with Gasteiger partial charge in [-0.1, -0.05) is 10.7 Å². The number of esters is 1. The molecule has 0 aromatic heterocycles. The van der Waals surface area contributed by atoms with E-state index in [1.165, 1.54) is 6.92 Å². The smallest absolute Gasteiger partial charge is 0.459 e. The number of rotatable bonds is 7. The van der Waals surface area contributed by atoms with Gasteiger partial charge < -0.3 is 4.74 Å². The standard InChI is InChI=1S/C12H18F3NO7S2/c1-8(2)11(17)23-10-5-3-9(4-6-10)7-22-25(20,21)16-24(18,19)12(13,14)15/h9-10,16H,1,3-7H2,2H3. The van der Waals surface area contributed by atoms with Gasteiger partial charge in [0.25, 0.3) is 0 Å². The number of hydrogen-bond donors (Lipinski definition) is 1. The summed E-state index contributed by atoms with van der Waals surface area (Å²) >= 11 is 0. The van der Waals surface area contributed by atoms with Crippen LogP contribution in [0.5, 0.6) is 0 Å². The van der Waals surface area contributed by atoms with Gasteiger partial charge in [0.15, 0.2) is 0 Å². The lowest BCUT2D eigenvalue weighted by Crippen LogP contribution is -2.41. The van der Waals surface area contributed by atoms with Crippen LogP contribution < -0.4 is 4.13 Å². The fourth-order valence-electron chi connectivity index (χ4n) is 2.06. The second kappa shape index (κ2) is 8.01. The number of nitrogens with one attached hydrogen (secondary N) is 1. The van der Waals surface area contributed by atoms with E-state index < -0.39 is 38.4 Å². The second-order valence-corrected chi connectivity index (χ2v) is 8.88. The molecule has 0 heterocycles. The monoisotopic (exact) mass is 409 g/mol. The van der Waals surface area contributed by atoms with E-state index in [4.69, 9.17) is 4.74 Å². The van der Waals surface area contributed by atoms with Crippen molar-refractivity contribution in [2.45, 2.75) is 44.2 Å². The summed E-state index contributed by atoms with van der Waals surface area (Å²) in [7, 11) is -11.2. The first kappa shape index (κ1) is 21.9. The number of alkyl halides is 3. The highest BCUT2D eigenvalue weighted by atomic mass is 32.3. The van der Waals surface area contributed by atoms with E-state index in [0.717, 1.165) is 0 Å². The molecule has 13 heteroatoms. The molecule has 0 atom stereocenters. The van der Waals surface area contributed by atoms with Crippen molar-refractivity contribution >= 4 is 26.3 Å². The Morgan fingerprint density at radius 2 is 1.68 bits per heavy atom. The molecule has 1 aliphatic rings. The lowest BCUT2D eigenvalue weighted by molar-refractivity contribution is -0.146. The Hall–Kier alpha value is -1.18. The topological polar surface area (TPSA) is 116 Å². The molecule has 0 unspecified atom stereocenters. The summed E-state index contributed by atoms with van der Waals surface area (Å²) in [5, 5.41) is 0. The molecule has 0 amide bonds. The van der Waals surface area contributed by atoms with Gasteiger partial charge in [-0.3, -0.25) is 4.18 Å². The summed E-state index contributed by atoms with van der Waals surface area (Å²) in [6.07, 6.45) is 1.27. The maximum atomic E-state index is 12.1. The van der Waals surface area contributed by atoms with Crippen LogP contribution in [-0.4, -0.2) is 41.0 Å². The summed E-state index contributed by atoms with van der Waals surface area (Å²) in [6, 6.07) is 0. The van der Waals surface area contributed by atoms with Crippen molar-refractivity contribution in [2.24, 2.45) is 5.92 Å². The molecule has 146 valence electrons. The molecule has 0 aromatic carbocycles. The first-order valence-corrected chi connectivity index (χ1v) is 9.98. The van der Waals surface area contributed by atoms with Gasteiger partial charge in [0.2, 0.25) is 0 Å². The van der Waals surface area contributed by atoms with Crippen LogP contribution in [0.2, 0.25) is 0 Å². The molecule has 0 radical (unpaired) electrons. The van der Waals surface area contributed by atoms with Gasteiger partial charge >= 0.3 is 31.8 Å². The predicted molar refractivity (Wildman–Crippen MR) is 79.6 cm³/mol. The fourth-order valence-corrected chi connectivity index (χ4v) is 4.08. The van der Waals surface area contributed by atoms with Gasteiger partial charge in [0, 0.05) is 5.57 Å². The zero-order valence-electron chi connectivity index (χ0n) is 13.2. The molecule has 1 fully saturated rings. The Morgan fingerprint density at radius 3 is 2.12 bits per heavy atom. The van der Waals surface area contributed by atoms with E-state index in [2.05, 4.69) is 10.8 Å². The normalized spacial score (nSPS) is 22.4. The molecule has 0 spiro atoms. The van der Waals surface area contributed by atoms with Crippen molar-refractivity contribution in [1.29, 1.82) is 0 Å². The highest BCUT2D eigenvalue weighted by Gasteiger charge is 2.48. The Bertz CT molecular complexity index is 707. The Morgan fingerprint density at radius 1 is 1.16 bits per heavy atom. The Labute approximate surface area is 143 Å². The van der Waals surface area contributed by atoms with E-state index >= 15 is 0 Å². The average Bonchev–Trinajstić information content (AvgIpc) is 2.44. The number of carbonyl (C=O) groups excluding carboxylic acids is 1. The van der Waals surface area contributed by atoms with Crippen LogP contribution >= 0.6 is 0 Å². The number of hydrogen-bond acceptors (Lipinski definition) is 7. The van der Waals surface area contributed by atoms with Crippen LogP contribution in [0.1, 0.15) is 32.6 Å². The van der Waals surface area contributed by atoms with E-state index in [1.54, 1.807) is 0 Å². The number of carbonyl (C=O) groups is 1. The van der Waals surface area contributed by atoms with E-state index in [1.807, 2.05) is 0 Å². The molecule has 25 heavy (non-hydrogen) atoms. The Balaban J connectivity index is 2.47. The molecule has 8 nitrogen and oxygen atoms in total. The number of ether oxygens (including phenoxy) is 1. The van der Waals surface area contributed by atoms with Crippen molar-refractivity contribution in [3.05, 3.63) is 12.2 Å². The van der Waals surface area contributed by atoms with Crippen molar-refractivity contribution < 1.29 is 43.7 Å². The third-order valence-electron chi connectivity index (χ3n) is 3.39. The van der Waals surface area contributed by atoms with Gasteiger partial charge in [-0.25, -0.2) is 13.2 Å². The average molecular weight is 409 g/mol. The predicted octanol–water partition coefficient (Wildman–Crippen LogP) is 1.37. The Kier molecular flexibility index (Phi) is 7.01. The maximum Gasteiger partial charge on any atom is 0.512 e. The lowest BCUT2D eigenvalue weighted by atomic mass is 9.88. The first-order chi connectivity index (χ1) is 11.2. The molecule has 1 aliphatic carbocycles. The summed E-state index contributed by atoms with van der Waals surface area (Å²) in [6.45, 7) is 4.45. The first-order valence-electron chi connectivity index (χ1n) is 7.09. The van der Waals surface area contributed by atoms with Crippen molar-refractivity contribution in [3.63, 3.8) is 0 Å². The SMILES string of the molecule is C=C(C)C(=O)OC1CCC(COS(=O)(=O)NS(=O)(=O)C(F)(F)F)CC1. The second-order valence-electron chi connectivity index (χ2n) is 5.60. The van der Waals surface area contributed by atoms with Crippen molar-refractivity contribution in [2.75, 3.05) is 6.61 Å². The van der Waals surface area contributed by atoms with Crippen LogP contribution in [0.15, 0.2) is 12.2 Å². The molecule has 1 rings (SSSR count). The maximum absolute atomic E-state index is 12.1. The van der Waals surface area contributed by atoms with Crippen molar-refractivity contribution in [3.8, 4) is 0 Å². The minimum atomic E-state index is -6.07. The molecule has 0 aliphatic heterocycles. The minimum absolute atomic E-state index is 0.244. The fraction of sp³-hybridized carbons (Fsp3) is 0.750. The lowest BCUT2D eigenvalue weighted by Gasteiger charge is -2.27.